The average molecular weight is 326 g/mol. The number of amides is 1. The molecule has 1 aliphatic heterocycles. The molecule has 2 atom stereocenters. The van der Waals surface area contributed by atoms with Gasteiger partial charge in [-0.05, 0) is 24.6 Å². The maximum atomic E-state index is 12.4. The van der Waals surface area contributed by atoms with E-state index >= 15 is 0 Å². The Bertz CT molecular complexity index is 651. The highest BCUT2D eigenvalue weighted by Gasteiger charge is 2.30. The van der Waals surface area contributed by atoms with E-state index in [1.54, 1.807) is 6.07 Å². The number of likely N-dealkylation sites (tertiary alicyclic amines) is 1. The normalized spacial score (nSPS) is 21.4. The first-order chi connectivity index (χ1) is 11.8. The van der Waals surface area contributed by atoms with Crippen LogP contribution in [0.2, 0.25) is 0 Å². The quantitative estimate of drug-likeness (QED) is 0.860. The molecule has 6 heteroatoms. The van der Waals surface area contributed by atoms with Gasteiger partial charge in [0.1, 0.15) is 0 Å². The molecule has 1 aliphatic rings. The standard InChI is InChI=1S/C18H22N4O2/c23-13-16-7-9-22(11-14-4-2-1-3-5-14)12-17(16)21-18(24)15-6-8-19-20-10-15/h1-6,8,10,16-17,23H,7,9,11-13H2,(H,21,24)/t16-,17+/m1/s1. The van der Waals surface area contributed by atoms with E-state index < -0.39 is 0 Å². The molecule has 0 aliphatic carbocycles. The Hall–Kier alpha value is -2.31. The summed E-state index contributed by atoms with van der Waals surface area (Å²) in [5.74, 6) is -0.0920. The summed E-state index contributed by atoms with van der Waals surface area (Å²) in [5.41, 5.74) is 1.74. The highest BCUT2D eigenvalue weighted by Crippen LogP contribution is 2.19. The molecule has 1 aromatic heterocycles. The molecule has 1 fully saturated rings. The Morgan fingerprint density at radius 1 is 1.25 bits per heavy atom. The number of benzene rings is 1. The zero-order chi connectivity index (χ0) is 16.8. The molecular formula is C18H22N4O2. The number of carbonyl (C=O) groups is 1. The second-order valence-electron chi connectivity index (χ2n) is 6.16. The second-order valence-corrected chi connectivity index (χ2v) is 6.16. The fourth-order valence-electron chi connectivity index (χ4n) is 3.11. The Morgan fingerprint density at radius 3 is 2.79 bits per heavy atom. The Labute approximate surface area is 141 Å². The lowest BCUT2D eigenvalue weighted by atomic mass is 9.91. The molecule has 0 unspecified atom stereocenters. The van der Waals surface area contributed by atoms with Crippen LogP contribution in [0.4, 0.5) is 0 Å². The first-order valence-corrected chi connectivity index (χ1v) is 8.21. The van der Waals surface area contributed by atoms with Gasteiger partial charge in [-0.1, -0.05) is 30.3 Å². The molecule has 1 aromatic carbocycles. The first-order valence-electron chi connectivity index (χ1n) is 8.21. The predicted octanol–water partition coefficient (Wildman–Crippen LogP) is 1.09. The molecule has 6 nitrogen and oxygen atoms in total. The lowest BCUT2D eigenvalue weighted by Gasteiger charge is -2.38. The van der Waals surface area contributed by atoms with E-state index in [0.717, 1.165) is 26.1 Å². The van der Waals surface area contributed by atoms with E-state index in [2.05, 4.69) is 32.5 Å². The second kappa shape index (κ2) is 7.99. The van der Waals surface area contributed by atoms with Crippen LogP contribution in [-0.4, -0.2) is 51.8 Å². The number of nitrogens with one attached hydrogen (secondary N) is 1. The summed E-state index contributed by atoms with van der Waals surface area (Å²) in [6.45, 7) is 2.58. The van der Waals surface area contributed by atoms with Crippen LogP contribution < -0.4 is 5.32 Å². The summed E-state index contributed by atoms with van der Waals surface area (Å²) in [5, 5.41) is 20.1. The predicted molar refractivity (Wildman–Crippen MR) is 90.2 cm³/mol. The highest BCUT2D eigenvalue weighted by molar-refractivity contribution is 5.93. The van der Waals surface area contributed by atoms with Crippen LogP contribution in [0.5, 0.6) is 0 Å². The van der Waals surface area contributed by atoms with Crippen LogP contribution in [0.3, 0.4) is 0 Å². The van der Waals surface area contributed by atoms with Crippen molar-refractivity contribution >= 4 is 5.91 Å². The number of hydrogen-bond acceptors (Lipinski definition) is 5. The number of aromatic nitrogens is 2. The van der Waals surface area contributed by atoms with Crippen molar-refractivity contribution in [3.63, 3.8) is 0 Å². The van der Waals surface area contributed by atoms with Gasteiger partial charge in [-0.15, -0.1) is 0 Å². The monoisotopic (exact) mass is 326 g/mol. The molecule has 126 valence electrons. The number of piperidine rings is 1. The van der Waals surface area contributed by atoms with Gasteiger partial charge in [0.2, 0.25) is 0 Å². The molecule has 0 bridgehead atoms. The van der Waals surface area contributed by atoms with Gasteiger partial charge in [-0.3, -0.25) is 9.69 Å². The zero-order valence-corrected chi connectivity index (χ0v) is 13.5. The summed E-state index contributed by atoms with van der Waals surface area (Å²) < 4.78 is 0. The average Bonchev–Trinajstić information content (AvgIpc) is 2.63. The number of aliphatic hydroxyl groups is 1. The summed E-state index contributed by atoms with van der Waals surface area (Å²) in [4.78, 5) is 14.7. The number of aliphatic hydroxyl groups excluding tert-OH is 1. The maximum Gasteiger partial charge on any atom is 0.253 e. The third-order valence-electron chi connectivity index (χ3n) is 4.49. The van der Waals surface area contributed by atoms with Crippen molar-refractivity contribution in [1.82, 2.24) is 20.4 Å². The molecule has 0 spiro atoms. The molecule has 2 aromatic rings. The van der Waals surface area contributed by atoms with Crippen LogP contribution in [0.15, 0.2) is 48.8 Å². The minimum Gasteiger partial charge on any atom is -0.396 e. The Kier molecular flexibility index (Phi) is 5.51. The first kappa shape index (κ1) is 16.5. The van der Waals surface area contributed by atoms with Gasteiger partial charge in [0.15, 0.2) is 0 Å². The van der Waals surface area contributed by atoms with E-state index in [4.69, 9.17) is 0 Å². The van der Waals surface area contributed by atoms with Gasteiger partial charge in [0.25, 0.3) is 5.91 Å². The van der Waals surface area contributed by atoms with Gasteiger partial charge in [-0.25, -0.2) is 0 Å². The number of rotatable bonds is 5. The molecular weight excluding hydrogens is 304 g/mol. The molecule has 1 amide bonds. The molecule has 2 heterocycles. The topological polar surface area (TPSA) is 78.4 Å². The number of hydrogen-bond donors (Lipinski definition) is 2. The minimum absolute atomic E-state index is 0.0758. The smallest absolute Gasteiger partial charge is 0.253 e. The van der Waals surface area contributed by atoms with E-state index in [9.17, 15) is 9.90 Å². The third-order valence-corrected chi connectivity index (χ3v) is 4.49. The van der Waals surface area contributed by atoms with Crippen LogP contribution in [0.25, 0.3) is 0 Å². The molecule has 2 N–H and O–H groups in total. The number of nitrogens with zero attached hydrogens (tertiary/aromatic N) is 3. The fourth-order valence-corrected chi connectivity index (χ4v) is 3.11. The van der Waals surface area contributed by atoms with Crippen molar-refractivity contribution in [1.29, 1.82) is 0 Å². The van der Waals surface area contributed by atoms with Crippen molar-refractivity contribution in [2.75, 3.05) is 19.7 Å². The SMILES string of the molecule is O=C(N[C@H]1CN(Cc2ccccc2)CC[C@@H]1CO)c1ccnnc1. The fraction of sp³-hybridized carbons (Fsp3) is 0.389. The third kappa shape index (κ3) is 4.15. The largest absolute Gasteiger partial charge is 0.396 e. The van der Waals surface area contributed by atoms with Gasteiger partial charge in [0.05, 0.1) is 18.0 Å². The van der Waals surface area contributed by atoms with Gasteiger partial charge >= 0.3 is 0 Å². The van der Waals surface area contributed by atoms with E-state index in [1.165, 1.54) is 18.0 Å². The van der Waals surface area contributed by atoms with Crippen LogP contribution in [0.1, 0.15) is 22.3 Å². The van der Waals surface area contributed by atoms with Crippen LogP contribution >= 0.6 is 0 Å². The van der Waals surface area contributed by atoms with E-state index in [1.807, 2.05) is 18.2 Å². The van der Waals surface area contributed by atoms with Crippen molar-refractivity contribution in [2.45, 2.75) is 19.0 Å². The summed E-state index contributed by atoms with van der Waals surface area (Å²) in [7, 11) is 0. The summed E-state index contributed by atoms with van der Waals surface area (Å²) in [6, 6.07) is 11.8. The molecule has 0 radical (unpaired) electrons. The van der Waals surface area contributed by atoms with E-state index in [-0.39, 0.29) is 24.5 Å². The van der Waals surface area contributed by atoms with Crippen molar-refractivity contribution in [3.8, 4) is 0 Å². The Morgan fingerprint density at radius 2 is 2.08 bits per heavy atom. The number of carbonyl (C=O) groups excluding carboxylic acids is 1. The Balaban J connectivity index is 1.64. The van der Waals surface area contributed by atoms with Gasteiger partial charge in [-0.2, -0.15) is 10.2 Å². The lowest BCUT2D eigenvalue weighted by Crippen LogP contribution is -2.53. The molecule has 0 saturated carbocycles. The summed E-state index contributed by atoms with van der Waals surface area (Å²) >= 11 is 0. The molecule has 1 saturated heterocycles. The minimum atomic E-state index is -0.171. The van der Waals surface area contributed by atoms with Crippen molar-refractivity contribution < 1.29 is 9.90 Å². The lowest BCUT2D eigenvalue weighted by molar-refractivity contribution is 0.0730. The van der Waals surface area contributed by atoms with E-state index in [0.29, 0.717) is 5.56 Å². The van der Waals surface area contributed by atoms with Crippen molar-refractivity contribution in [3.05, 3.63) is 59.9 Å². The van der Waals surface area contributed by atoms with Crippen LogP contribution in [-0.2, 0) is 6.54 Å². The highest BCUT2D eigenvalue weighted by atomic mass is 16.3. The zero-order valence-electron chi connectivity index (χ0n) is 13.5. The molecule has 3 rings (SSSR count). The van der Waals surface area contributed by atoms with Gasteiger partial charge in [0, 0.05) is 31.7 Å². The van der Waals surface area contributed by atoms with Gasteiger partial charge < -0.3 is 10.4 Å². The maximum absolute atomic E-state index is 12.4. The van der Waals surface area contributed by atoms with Crippen molar-refractivity contribution in [2.24, 2.45) is 5.92 Å². The summed E-state index contributed by atoms with van der Waals surface area (Å²) in [6.07, 6.45) is 3.82. The van der Waals surface area contributed by atoms with Crippen LogP contribution in [0, 0.1) is 5.92 Å². The molecule has 24 heavy (non-hydrogen) atoms.